The lowest BCUT2D eigenvalue weighted by Crippen LogP contribution is -2.24. The number of thioether (sulfide) groups is 1. The van der Waals surface area contributed by atoms with Gasteiger partial charge in [-0.2, -0.15) is 13.2 Å². The number of aromatic amines is 2. The zero-order valence-corrected chi connectivity index (χ0v) is 19.7. The number of nitrogens with one attached hydrogen (secondary N) is 2. The van der Waals surface area contributed by atoms with E-state index in [0.717, 1.165) is 29.5 Å². The van der Waals surface area contributed by atoms with Crippen molar-refractivity contribution in [1.29, 1.82) is 0 Å². The van der Waals surface area contributed by atoms with Crippen LogP contribution in [0.5, 0.6) is 0 Å². The van der Waals surface area contributed by atoms with Crippen LogP contribution < -0.4 is 11.2 Å². The maximum Gasteiger partial charge on any atom is 0.417 e. The molecule has 3 N–H and O–H groups in total. The Balaban J connectivity index is 1.86. The Hall–Kier alpha value is -3.48. The van der Waals surface area contributed by atoms with E-state index in [4.69, 9.17) is 4.74 Å². The van der Waals surface area contributed by atoms with E-state index < -0.39 is 63.8 Å². The minimum Gasteiger partial charge on any atom is -0.394 e. The number of rotatable bonds is 8. The summed E-state index contributed by atoms with van der Waals surface area (Å²) in [6.45, 7) is -0.389. The Morgan fingerprint density at radius 2 is 1.73 bits per heavy atom. The number of hydrogen-bond donors (Lipinski definition) is 3. The predicted molar refractivity (Wildman–Crippen MR) is 128 cm³/mol. The third-order valence-corrected chi connectivity index (χ3v) is 6.68. The number of hydrogen-bond acceptors (Lipinski definition) is 5. The zero-order valence-electron chi connectivity index (χ0n) is 18.9. The number of aliphatic hydroxyl groups excluding tert-OH is 1. The molecule has 1 atom stereocenters. The lowest BCUT2D eigenvalue weighted by molar-refractivity contribution is -0.137. The van der Waals surface area contributed by atoms with Gasteiger partial charge < -0.3 is 14.8 Å². The van der Waals surface area contributed by atoms with Crippen LogP contribution in [0, 0.1) is 11.6 Å². The highest BCUT2D eigenvalue weighted by Crippen LogP contribution is 2.46. The second kappa shape index (κ2) is 10.9. The Morgan fingerprint density at radius 1 is 1.00 bits per heavy atom. The molecule has 37 heavy (non-hydrogen) atoms. The van der Waals surface area contributed by atoms with Gasteiger partial charge in [-0.05, 0) is 23.8 Å². The first-order valence-electron chi connectivity index (χ1n) is 10.8. The van der Waals surface area contributed by atoms with Gasteiger partial charge in [-0.1, -0.05) is 30.3 Å². The van der Waals surface area contributed by atoms with Gasteiger partial charge in [-0.3, -0.25) is 9.78 Å². The minimum atomic E-state index is -5.04. The fourth-order valence-corrected chi connectivity index (χ4v) is 4.95. The van der Waals surface area contributed by atoms with Crippen LogP contribution in [0.1, 0.15) is 11.1 Å². The second-order valence-corrected chi connectivity index (χ2v) is 9.02. The van der Waals surface area contributed by atoms with Crippen LogP contribution >= 0.6 is 11.8 Å². The normalized spacial score (nSPS) is 12.7. The lowest BCUT2D eigenvalue weighted by atomic mass is 9.96. The van der Waals surface area contributed by atoms with E-state index >= 15 is 0 Å². The highest BCUT2D eigenvalue weighted by atomic mass is 32.2. The average Bonchev–Trinajstić information content (AvgIpc) is 2.84. The molecule has 12 heteroatoms. The molecule has 6 nitrogen and oxygen atoms in total. The third-order valence-electron chi connectivity index (χ3n) is 5.44. The van der Waals surface area contributed by atoms with Gasteiger partial charge in [0.1, 0.15) is 11.6 Å². The molecule has 1 aromatic heterocycles. The van der Waals surface area contributed by atoms with E-state index in [0.29, 0.717) is 12.1 Å². The van der Waals surface area contributed by atoms with Crippen LogP contribution in [0.15, 0.2) is 69.1 Å². The van der Waals surface area contributed by atoms with E-state index in [9.17, 15) is 36.6 Å². The Kier molecular flexibility index (Phi) is 7.81. The van der Waals surface area contributed by atoms with Crippen LogP contribution in [0.3, 0.4) is 0 Å². The molecule has 0 bridgehead atoms. The quantitative estimate of drug-likeness (QED) is 0.220. The first-order valence-corrected chi connectivity index (χ1v) is 11.8. The first-order chi connectivity index (χ1) is 17.6. The van der Waals surface area contributed by atoms with Crippen molar-refractivity contribution in [3.8, 4) is 11.1 Å². The van der Waals surface area contributed by atoms with Crippen molar-refractivity contribution < 1.29 is 31.8 Å². The predicted octanol–water partition coefficient (Wildman–Crippen LogP) is 4.85. The molecule has 0 spiro atoms. The molecule has 1 heterocycles. The number of halogens is 5. The lowest BCUT2D eigenvalue weighted by Gasteiger charge is -2.21. The summed E-state index contributed by atoms with van der Waals surface area (Å²) >= 11 is 0.731. The van der Waals surface area contributed by atoms with Gasteiger partial charge in [0.15, 0.2) is 0 Å². The molecule has 4 aromatic rings. The summed E-state index contributed by atoms with van der Waals surface area (Å²) in [6, 6.07) is 11.6. The molecule has 194 valence electrons. The number of aromatic nitrogens is 2. The van der Waals surface area contributed by atoms with Crippen molar-refractivity contribution >= 4 is 22.7 Å². The molecule has 0 fully saturated rings. The van der Waals surface area contributed by atoms with E-state index in [-0.39, 0.29) is 22.8 Å². The van der Waals surface area contributed by atoms with Gasteiger partial charge in [0.2, 0.25) is 0 Å². The van der Waals surface area contributed by atoms with E-state index in [1.807, 2.05) is 4.98 Å². The van der Waals surface area contributed by atoms with Gasteiger partial charge in [0.25, 0.3) is 5.56 Å². The second-order valence-electron chi connectivity index (χ2n) is 7.99. The van der Waals surface area contributed by atoms with Crippen molar-refractivity contribution in [2.75, 3.05) is 12.4 Å². The number of H-pyrrole nitrogens is 2. The van der Waals surface area contributed by atoms with Crippen LogP contribution in [0.2, 0.25) is 0 Å². The molecule has 4 rings (SSSR count). The molecule has 0 amide bonds. The summed E-state index contributed by atoms with van der Waals surface area (Å²) in [5.74, 6) is -2.38. The van der Waals surface area contributed by atoms with Gasteiger partial charge in [-0.25, -0.2) is 13.6 Å². The van der Waals surface area contributed by atoms with Crippen molar-refractivity contribution in [2.24, 2.45) is 0 Å². The van der Waals surface area contributed by atoms with Crippen LogP contribution in [-0.4, -0.2) is 33.5 Å². The van der Waals surface area contributed by atoms with Crippen molar-refractivity contribution in [1.82, 2.24) is 9.97 Å². The molecule has 0 saturated heterocycles. The Morgan fingerprint density at radius 3 is 2.38 bits per heavy atom. The maximum absolute atomic E-state index is 14.8. The van der Waals surface area contributed by atoms with Gasteiger partial charge in [0, 0.05) is 27.8 Å². The SMILES string of the molecule is O=c1[nH]c(=O)c2cc(C(F)(F)F)c(-c3ccc(F)cc3F)c(SC[C@H](CO)OCc3ccccc3)c2[nH]1. The standard InChI is InChI=1S/C25H19F5N2O4S/c26-14-6-7-16(19(27)8-14)20-18(25(28,29)30)9-17-21(31-24(35)32-23(17)34)22(20)37-12-15(10-33)36-11-13-4-2-1-3-5-13/h1-9,15,33H,10-12H2,(H2,31,32,34,35)/t15-/m0/s1. The first kappa shape index (κ1) is 26.6. The summed E-state index contributed by atoms with van der Waals surface area (Å²) in [7, 11) is 0. The van der Waals surface area contributed by atoms with Gasteiger partial charge in [-0.15, -0.1) is 11.8 Å². The zero-order chi connectivity index (χ0) is 26.7. The fraction of sp³-hybridized carbons (Fsp3) is 0.200. The Bertz CT molecular complexity index is 1540. The number of ether oxygens (including phenoxy) is 1. The number of fused-ring (bicyclic) bond motifs is 1. The average molecular weight is 538 g/mol. The number of benzene rings is 3. The van der Waals surface area contributed by atoms with Gasteiger partial charge >= 0.3 is 11.9 Å². The van der Waals surface area contributed by atoms with E-state index in [2.05, 4.69) is 4.98 Å². The molecule has 0 aliphatic heterocycles. The minimum absolute atomic E-state index is 0.103. The monoisotopic (exact) mass is 538 g/mol. The highest BCUT2D eigenvalue weighted by Gasteiger charge is 2.37. The Labute approximate surface area is 210 Å². The molecular formula is C25H19F5N2O4S. The van der Waals surface area contributed by atoms with Crippen molar-refractivity contribution in [3.05, 3.63) is 98.2 Å². The van der Waals surface area contributed by atoms with Crippen LogP contribution in [-0.2, 0) is 17.5 Å². The highest BCUT2D eigenvalue weighted by molar-refractivity contribution is 7.99. The van der Waals surface area contributed by atoms with Gasteiger partial charge in [0.05, 0.1) is 35.8 Å². The third kappa shape index (κ3) is 5.92. The molecule has 0 aliphatic carbocycles. The summed E-state index contributed by atoms with van der Waals surface area (Å²) in [4.78, 5) is 28.3. The fourth-order valence-electron chi connectivity index (χ4n) is 3.72. The summed E-state index contributed by atoms with van der Waals surface area (Å²) in [5, 5.41) is 9.32. The topological polar surface area (TPSA) is 95.2 Å². The smallest absolute Gasteiger partial charge is 0.394 e. The summed E-state index contributed by atoms with van der Waals surface area (Å²) < 4.78 is 76.6. The molecule has 3 aromatic carbocycles. The number of alkyl halides is 3. The molecule has 0 radical (unpaired) electrons. The van der Waals surface area contributed by atoms with Crippen LogP contribution in [0.4, 0.5) is 22.0 Å². The van der Waals surface area contributed by atoms with E-state index in [1.54, 1.807) is 30.3 Å². The molecule has 0 saturated carbocycles. The molecular weight excluding hydrogens is 519 g/mol. The van der Waals surface area contributed by atoms with E-state index in [1.165, 1.54) is 0 Å². The van der Waals surface area contributed by atoms with Crippen molar-refractivity contribution in [2.45, 2.75) is 23.8 Å². The largest absolute Gasteiger partial charge is 0.417 e. The summed E-state index contributed by atoms with van der Waals surface area (Å²) in [5.41, 5.74) is -4.13. The summed E-state index contributed by atoms with van der Waals surface area (Å²) in [6.07, 6.45) is -5.91. The number of aliphatic hydroxyl groups is 1. The van der Waals surface area contributed by atoms with Crippen molar-refractivity contribution in [3.63, 3.8) is 0 Å². The molecule has 0 unspecified atom stereocenters. The molecule has 0 aliphatic rings. The van der Waals surface area contributed by atoms with Crippen LogP contribution in [0.25, 0.3) is 22.0 Å². The maximum atomic E-state index is 14.8.